The lowest BCUT2D eigenvalue weighted by molar-refractivity contribution is 0.0997. The maximum Gasteiger partial charge on any atom is 0.322 e. The number of nitrogens with zero attached hydrogens (tertiary/aromatic N) is 4. The predicted octanol–water partition coefficient (Wildman–Crippen LogP) is 3.79. The van der Waals surface area contributed by atoms with Gasteiger partial charge in [0.15, 0.2) is 0 Å². The highest BCUT2D eigenvalue weighted by Crippen LogP contribution is 2.27. The van der Waals surface area contributed by atoms with Crippen molar-refractivity contribution in [3.8, 4) is 12.1 Å². The molecule has 0 saturated heterocycles. The minimum absolute atomic E-state index is 0.107. The van der Waals surface area contributed by atoms with E-state index in [1.807, 2.05) is 32.9 Å². The Morgan fingerprint density at radius 1 is 1.21 bits per heavy atom. The third-order valence-electron chi connectivity index (χ3n) is 4.62. The molecule has 1 aliphatic heterocycles. The fourth-order valence-corrected chi connectivity index (χ4v) is 3.34. The first-order chi connectivity index (χ1) is 15.9. The molecule has 1 aliphatic rings. The Morgan fingerprint density at radius 3 is 2.30 bits per heavy atom. The minimum Gasteiger partial charge on any atom is -0.366 e. The molecule has 0 radical (unpaired) electrons. The Labute approximate surface area is 194 Å². The van der Waals surface area contributed by atoms with Crippen LogP contribution in [0.3, 0.4) is 0 Å². The number of anilines is 1. The Balaban J connectivity index is 0.00000101. The number of nitrogens with two attached hydrogens (primary N) is 1. The molecule has 1 aromatic heterocycles. The molecule has 3 rings (SSSR count). The van der Waals surface area contributed by atoms with E-state index in [4.69, 9.17) is 16.4 Å². The van der Waals surface area contributed by atoms with Crippen molar-refractivity contribution in [3.05, 3.63) is 65.0 Å². The third kappa shape index (κ3) is 6.31. The lowest BCUT2D eigenvalue weighted by Crippen LogP contribution is -2.41. The second-order valence-corrected chi connectivity index (χ2v) is 6.63. The summed E-state index contributed by atoms with van der Waals surface area (Å²) in [4.78, 5) is 26.1. The summed E-state index contributed by atoms with van der Waals surface area (Å²) in [7, 11) is 0. The Bertz CT molecular complexity index is 1090. The molecule has 0 unspecified atom stereocenters. The largest absolute Gasteiger partial charge is 0.366 e. The lowest BCUT2D eigenvalue weighted by atomic mass is 10.1. The first-order valence-corrected chi connectivity index (χ1v) is 10.5. The summed E-state index contributed by atoms with van der Waals surface area (Å²) in [6.45, 7) is 10.1. The molecule has 0 saturated carbocycles. The topological polar surface area (TPSA) is 152 Å². The van der Waals surface area contributed by atoms with Crippen molar-refractivity contribution in [1.29, 1.82) is 15.9 Å². The molecule has 2 heterocycles. The van der Waals surface area contributed by atoms with Crippen LogP contribution in [-0.4, -0.2) is 34.2 Å². The predicted molar refractivity (Wildman–Crippen MR) is 128 cm³/mol. The van der Waals surface area contributed by atoms with Crippen LogP contribution < -0.4 is 11.1 Å². The van der Waals surface area contributed by atoms with Gasteiger partial charge in [-0.3, -0.25) is 4.79 Å². The molecule has 0 bridgehead atoms. The number of benzene rings is 1. The SMILES string of the molecule is C=CC.CC.N#Cc1ccc(NC(=O)N2CCn3c(CC=N)c(C#N)c(C(N)=O)c3C2)cc1. The number of rotatable bonds is 4. The van der Waals surface area contributed by atoms with E-state index in [-0.39, 0.29) is 30.1 Å². The van der Waals surface area contributed by atoms with E-state index in [1.165, 1.54) is 4.90 Å². The number of hydrogen-bond acceptors (Lipinski definition) is 5. The number of nitriles is 2. The first kappa shape index (κ1) is 26.7. The van der Waals surface area contributed by atoms with Crippen molar-refractivity contribution in [2.24, 2.45) is 5.73 Å². The Kier molecular flexibility index (Phi) is 10.6. The summed E-state index contributed by atoms with van der Waals surface area (Å²) >= 11 is 0. The first-order valence-electron chi connectivity index (χ1n) is 10.5. The maximum absolute atomic E-state index is 12.6. The van der Waals surface area contributed by atoms with Crippen LogP contribution in [0.1, 0.15) is 53.6 Å². The van der Waals surface area contributed by atoms with Gasteiger partial charge < -0.3 is 25.9 Å². The summed E-state index contributed by atoms with van der Waals surface area (Å²) in [6, 6.07) is 10.1. The number of urea groups is 1. The number of fused-ring (bicyclic) bond motifs is 1. The van der Waals surface area contributed by atoms with E-state index in [0.717, 1.165) is 6.21 Å². The summed E-state index contributed by atoms with van der Waals surface area (Å²) < 4.78 is 1.80. The third-order valence-corrected chi connectivity index (χ3v) is 4.62. The number of carbonyl (C=O) groups excluding carboxylic acids is 2. The highest BCUT2D eigenvalue weighted by molar-refractivity contribution is 5.98. The lowest BCUT2D eigenvalue weighted by Gasteiger charge is -2.30. The van der Waals surface area contributed by atoms with Crippen LogP contribution in [-0.2, 0) is 19.5 Å². The molecule has 172 valence electrons. The molecular formula is C24H29N7O2. The fourth-order valence-electron chi connectivity index (χ4n) is 3.34. The number of aromatic nitrogens is 1. The normalized spacial score (nSPS) is 11.1. The van der Waals surface area contributed by atoms with E-state index in [2.05, 4.69) is 11.9 Å². The quantitative estimate of drug-likeness (QED) is 0.482. The van der Waals surface area contributed by atoms with Crippen LogP contribution in [0.2, 0.25) is 0 Å². The van der Waals surface area contributed by atoms with E-state index in [0.29, 0.717) is 35.7 Å². The van der Waals surface area contributed by atoms with Gasteiger partial charge in [-0.2, -0.15) is 10.5 Å². The second-order valence-electron chi connectivity index (χ2n) is 6.63. The molecule has 3 amide bonds. The molecule has 4 N–H and O–H groups in total. The van der Waals surface area contributed by atoms with Crippen molar-refractivity contribution < 1.29 is 9.59 Å². The van der Waals surface area contributed by atoms with Gasteiger partial charge in [0.25, 0.3) is 5.91 Å². The molecule has 9 heteroatoms. The number of primary amides is 1. The monoisotopic (exact) mass is 447 g/mol. The summed E-state index contributed by atoms with van der Waals surface area (Å²) in [5.74, 6) is -0.731. The van der Waals surface area contributed by atoms with Gasteiger partial charge in [0.2, 0.25) is 0 Å². The molecule has 0 atom stereocenters. The average molecular weight is 448 g/mol. The number of nitrogens with one attached hydrogen (secondary N) is 2. The van der Waals surface area contributed by atoms with Crippen molar-refractivity contribution in [1.82, 2.24) is 9.47 Å². The van der Waals surface area contributed by atoms with Gasteiger partial charge in [-0.25, -0.2) is 4.79 Å². The van der Waals surface area contributed by atoms with E-state index in [1.54, 1.807) is 34.9 Å². The molecule has 0 fully saturated rings. The highest BCUT2D eigenvalue weighted by atomic mass is 16.2. The number of carbonyl (C=O) groups is 2. The van der Waals surface area contributed by atoms with Gasteiger partial charge in [0, 0.05) is 37.1 Å². The zero-order chi connectivity index (χ0) is 25.0. The molecule has 0 aliphatic carbocycles. The van der Waals surface area contributed by atoms with Crippen molar-refractivity contribution in [3.63, 3.8) is 0 Å². The van der Waals surface area contributed by atoms with Gasteiger partial charge >= 0.3 is 6.03 Å². The smallest absolute Gasteiger partial charge is 0.322 e. The van der Waals surface area contributed by atoms with E-state index in [9.17, 15) is 14.9 Å². The van der Waals surface area contributed by atoms with Crippen molar-refractivity contribution in [2.45, 2.75) is 40.3 Å². The zero-order valence-electron chi connectivity index (χ0n) is 19.2. The van der Waals surface area contributed by atoms with Crippen LogP contribution in [0.5, 0.6) is 0 Å². The van der Waals surface area contributed by atoms with E-state index >= 15 is 0 Å². The van der Waals surface area contributed by atoms with Crippen LogP contribution in [0.15, 0.2) is 36.9 Å². The van der Waals surface area contributed by atoms with Gasteiger partial charge in [-0.1, -0.05) is 19.9 Å². The molecular weight excluding hydrogens is 418 g/mol. The molecule has 33 heavy (non-hydrogen) atoms. The molecule has 0 spiro atoms. The van der Waals surface area contributed by atoms with Gasteiger partial charge in [0.1, 0.15) is 6.07 Å². The van der Waals surface area contributed by atoms with E-state index < -0.39 is 5.91 Å². The maximum atomic E-state index is 12.6. The van der Waals surface area contributed by atoms with Gasteiger partial charge in [-0.05, 0) is 31.2 Å². The second kappa shape index (κ2) is 13.1. The number of allylic oxidation sites excluding steroid dienone is 1. The molecule has 1 aromatic carbocycles. The van der Waals surface area contributed by atoms with Gasteiger partial charge in [0.05, 0.1) is 35.0 Å². The van der Waals surface area contributed by atoms with Crippen LogP contribution in [0.4, 0.5) is 10.5 Å². The molecule has 2 aromatic rings. The van der Waals surface area contributed by atoms with Crippen LogP contribution >= 0.6 is 0 Å². The Hall–Kier alpha value is -4.37. The standard InChI is InChI=1S/C19H17N7O2.C3H6.C2H6/c20-6-5-15-14(10-22)17(18(23)27)16-11-25(7-8-26(15)16)19(28)24-13-3-1-12(9-21)2-4-13;1-3-2;1-2/h1-4,6,20H,5,7-8,11H2,(H2,23,27)(H,24,28);3H,1H2,2H3;1-2H3. The minimum atomic E-state index is -0.731. The van der Waals surface area contributed by atoms with Crippen molar-refractivity contribution in [2.75, 3.05) is 11.9 Å². The number of amides is 3. The van der Waals surface area contributed by atoms with Crippen LogP contribution in [0.25, 0.3) is 0 Å². The van der Waals surface area contributed by atoms with Crippen molar-refractivity contribution >= 4 is 23.8 Å². The zero-order valence-corrected chi connectivity index (χ0v) is 19.2. The summed E-state index contributed by atoms with van der Waals surface area (Å²) in [5, 5.41) is 28.4. The highest BCUT2D eigenvalue weighted by Gasteiger charge is 2.31. The molecule has 9 nitrogen and oxygen atoms in total. The Morgan fingerprint density at radius 2 is 1.82 bits per heavy atom. The summed E-state index contributed by atoms with van der Waals surface area (Å²) in [6.07, 6.45) is 3.12. The van der Waals surface area contributed by atoms with Crippen LogP contribution in [0, 0.1) is 28.1 Å². The number of hydrogen-bond donors (Lipinski definition) is 3. The fraction of sp³-hybridized carbons (Fsp3) is 0.292. The summed E-state index contributed by atoms with van der Waals surface area (Å²) in [5.41, 5.74) is 7.86. The van der Waals surface area contributed by atoms with Gasteiger partial charge in [-0.15, -0.1) is 6.58 Å². The average Bonchev–Trinajstić information content (AvgIpc) is 3.14.